The first-order valence-electron chi connectivity index (χ1n) is 20.2. The molecule has 6 aromatic rings. The standard InChI is InChI=1S/2C21H17.2C6H5.2ClH.Hf.H2Si/c2*1-15-13-17-8-3-5-11-20(21(17)14-15)19-12-6-9-16-7-2-4-10-18(16)19;2*1-2-4-6-5-3-1;;;;/h2*2-10,12,14,20H,11H2,1H3;2*1-5H;2*1H;;1H2. The normalized spacial score (nSPS) is 18.9. The molecule has 0 N–H and O–H groups in total. The zero-order chi connectivity index (χ0) is 37.9. The number of benzene rings is 6. The van der Waals surface area contributed by atoms with Crippen LogP contribution in [-0.4, -0.2) is 6.94 Å². The van der Waals surface area contributed by atoms with Crippen molar-refractivity contribution in [2.24, 2.45) is 0 Å². The van der Waals surface area contributed by atoms with E-state index in [-0.39, 0.29) is 36.6 Å². The molecule has 2 atom stereocenters. The van der Waals surface area contributed by atoms with E-state index in [4.69, 9.17) is 0 Å². The maximum atomic E-state index is 2.59. The Morgan fingerprint density at radius 2 is 0.845 bits per heavy atom. The molecule has 0 nitrogen and oxygen atoms in total. The average molecular weight is 974 g/mol. The smallest absolute Gasteiger partial charge is 0.147 e. The topological polar surface area (TPSA) is 0 Å². The summed E-state index contributed by atoms with van der Waals surface area (Å²) in [5.74, 6) is 0.511. The fourth-order valence-electron chi connectivity index (χ4n) is 11.1. The summed E-state index contributed by atoms with van der Waals surface area (Å²) >= 11 is -5.14. The van der Waals surface area contributed by atoms with Gasteiger partial charge in [-0.25, -0.2) is 0 Å². The summed E-state index contributed by atoms with van der Waals surface area (Å²) in [6, 6.07) is 55.2. The van der Waals surface area contributed by atoms with Crippen molar-refractivity contribution < 1.29 is 17.1 Å². The minimum atomic E-state index is -5.14. The molecule has 286 valence electrons. The van der Waals surface area contributed by atoms with E-state index in [1.54, 1.807) is 6.66 Å². The van der Waals surface area contributed by atoms with Crippen LogP contribution in [0, 0.1) is 0 Å². The summed E-state index contributed by atoms with van der Waals surface area (Å²) in [5.41, 5.74) is 11.5. The molecular weight excluding hydrogens is 926 g/mol. The van der Waals surface area contributed by atoms with Gasteiger partial charge in [-0.05, 0) is 0 Å². The van der Waals surface area contributed by atoms with Gasteiger partial charge >= 0.3 is 336 Å². The molecule has 4 heteroatoms. The first kappa shape index (κ1) is 40.2. The van der Waals surface area contributed by atoms with Crippen molar-refractivity contribution in [3.63, 3.8) is 0 Å². The fraction of sp³-hybridized carbons (Fsp3) is 0.111. The Hall–Kier alpha value is -4.57. The molecule has 0 spiro atoms. The zero-order valence-electron chi connectivity index (χ0n) is 33.1. The van der Waals surface area contributed by atoms with Crippen LogP contribution in [0.3, 0.4) is 0 Å². The SMILES string of the molecule is CC1=[C]([Hf](=[SiH2])([C]2=C(C)C=C3C2=CC=CCC3c2cccc3ccccc23)([c]2ccccc2)[c]2ccccc2)C2=CC=CCC(c3cccc4ccccc34)C2=C1.Cl.Cl. The van der Waals surface area contributed by atoms with E-state index in [1.165, 1.54) is 72.8 Å². The number of allylic oxidation sites excluding steroid dienone is 16. The molecule has 58 heavy (non-hydrogen) atoms. The van der Waals surface area contributed by atoms with Crippen molar-refractivity contribution in [2.45, 2.75) is 38.5 Å². The van der Waals surface area contributed by atoms with Crippen LogP contribution in [0.5, 0.6) is 0 Å². The van der Waals surface area contributed by atoms with E-state index in [0.717, 1.165) is 12.8 Å². The minimum Gasteiger partial charge on any atom is -0.147 e. The molecule has 4 aliphatic rings. The summed E-state index contributed by atoms with van der Waals surface area (Å²) in [7, 11) is 0. The van der Waals surface area contributed by atoms with Crippen LogP contribution < -0.4 is 6.64 Å². The van der Waals surface area contributed by atoms with Gasteiger partial charge in [0.05, 0.1) is 0 Å². The van der Waals surface area contributed by atoms with Gasteiger partial charge in [-0.3, -0.25) is 0 Å². The van der Waals surface area contributed by atoms with E-state index in [1.807, 2.05) is 0 Å². The third-order valence-corrected chi connectivity index (χ3v) is 50.0. The molecule has 0 saturated heterocycles. The van der Waals surface area contributed by atoms with Crippen molar-refractivity contribution in [3.8, 4) is 0 Å². The Bertz CT molecular complexity index is 2720. The molecule has 0 aromatic heterocycles. The van der Waals surface area contributed by atoms with Crippen LogP contribution in [-0.2, 0) is 17.1 Å². The van der Waals surface area contributed by atoms with Crippen LogP contribution in [0.4, 0.5) is 0 Å². The van der Waals surface area contributed by atoms with Crippen molar-refractivity contribution in [1.82, 2.24) is 0 Å². The van der Waals surface area contributed by atoms with E-state index >= 15 is 0 Å². The Morgan fingerprint density at radius 3 is 1.28 bits per heavy atom. The average Bonchev–Trinajstić information content (AvgIpc) is 3.58. The Morgan fingerprint density at radius 1 is 0.466 bits per heavy atom. The molecule has 0 fully saturated rings. The van der Waals surface area contributed by atoms with E-state index in [2.05, 4.69) is 215 Å². The van der Waals surface area contributed by atoms with Gasteiger partial charge in [0.2, 0.25) is 0 Å². The van der Waals surface area contributed by atoms with Gasteiger partial charge in [-0.15, -0.1) is 24.8 Å². The van der Waals surface area contributed by atoms with Gasteiger partial charge in [0.15, 0.2) is 0 Å². The molecule has 0 saturated carbocycles. The van der Waals surface area contributed by atoms with Crippen LogP contribution in [0.15, 0.2) is 234 Å². The van der Waals surface area contributed by atoms with Crippen molar-refractivity contribution in [3.05, 3.63) is 245 Å². The number of hydrogen-bond acceptors (Lipinski definition) is 0. The quantitative estimate of drug-likeness (QED) is 0.146. The van der Waals surface area contributed by atoms with Gasteiger partial charge in [0.1, 0.15) is 0 Å². The fourth-order valence-corrected chi connectivity index (χ4v) is 48.2. The molecule has 4 aliphatic carbocycles. The summed E-state index contributed by atoms with van der Waals surface area (Å²) in [4.78, 5) is 0. The monoisotopic (exact) mass is 974 g/mol. The van der Waals surface area contributed by atoms with E-state index in [9.17, 15) is 0 Å². The largest absolute Gasteiger partial charge is 0.147 e. The maximum absolute atomic E-state index is 5.14. The van der Waals surface area contributed by atoms with Gasteiger partial charge < -0.3 is 0 Å². The number of halogens is 2. The second-order valence-corrected chi connectivity index (χ2v) is 46.0. The van der Waals surface area contributed by atoms with Crippen LogP contribution >= 0.6 is 24.8 Å². The van der Waals surface area contributed by atoms with Crippen LogP contribution in [0.25, 0.3) is 21.5 Å². The van der Waals surface area contributed by atoms with Gasteiger partial charge in [-0.1, -0.05) is 0 Å². The molecule has 2 unspecified atom stereocenters. The van der Waals surface area contributed by atoms with Crippen LogP contribution in [0.1, 0.15) is 49.7 Å². The molecule has 0 aliphatic heterocycles. The molecule has 10 rings (SSSR count). The maximum Gasteiger partial charge on any atom is -0.147 e. The Labute approximate surface area is 358 Å². The summed E-state index contributed by atoms with van der Waals surface area (Å²) in [5, 5.41) is 5.33. The molecule has 0 bridgehead atoms. The number of hydrogen-bond donors (Lipinski definition) is 0. The predicted molar refractivity (Wildman–Crippen MR) is 254 cm³/mol. The first-order valence-corrected chi connectivity index (χ1v) is 35.7. The van der Waals surface area contributed by atoms with Gasteiger partial charge in [0, 0.05) is 0 Å². The third kappa shape index (κ3) is 6.02. The van der Waals surface area contributed by atoms with Crippen molar-refractivity contribution in [1.29, 1.82) is 0 Å². The summed E-state index contributed by atoms with van der Waals surface area (Å²) < 4.78 is 6.22. The zero-order valence-corrected chi connectivity index (χ0v) is 39.7. The molecular formula is C54H48Cl2HfSi. The first-order chi connectivity index (χ1) is 27.5. The molecule has 0 heterocycles. The van der Waals surface area contributed by atoms with Crippen molar-refractivity contribution >= 4 is 59.9 Å². The second kappa shape index (κ2) is 15.9. The van der Waals surface area contributed by atoms with Gasteiger partial charge in [-0.2, -0.15) is 0 Å². The number of rotatable bonds is 6. The Balaban J connectivity index is 0.00000235. The third-order valence-electron chi connectivity index (χ3n) is 13.3. The summed E-state index contributed by atoms with van der Waals surface area (Å²) in [6.07, 6.45) is 21.6. The molecule has 6 aromatic carbocycles. The summed E-state index contributed by atoms with van der Waals surface area (Å²) in [6.45, 7) is 7.28. The predicted octanol–water partition coefficient (Wildman–Crippen LogP) is 12.8. The Kier molecular flexibility index (Phi) is 11.0. The minimum absolute atomic E-state index is 0. The van der Waals surface area contributed by atoms with E-state index < -0.39 is 17.1 Å². The molecule has 0 amide bonds. The van der Waals surface area contributed by atoms with Crippen LogP contribution in [0.2, 0.25) is 0 Å². The van der Waals surface area contributed by atoms with Crippen molar-refractivity contribution in [2.75, 3.05) is 0 Å². The number of fused-ring (bicyclic) bond motifs is 4. The van der Waals surface area contributed by atoms with Gasteiger partial charge in [0.25, 0.3) is 0 Å². The van der Waals surface area contributed by atoms with E-state index in [0.29, 0.717) is 0 Å². The molecule has 0 radical (unpaired) electrons. The second-order valence-electron chi connectivity index (χ2n) is 16.2.